The molecule has 2 rings (SSSR count). The summed E-state index contributed by atoms with van der Waals surface area (Å²) in [7, 11) is -3.26. The average Bonchev–Trinajstić information content (AvgIpc) is 2.68. The second-order valence-corrected chi connectivity index (χ2v) is 6.25. The number of hydrogen-bond acceptors (Lipinski definition) is 3. The second-order valence-electron chi connectivity index (χ2n) is 4.48. The molecule has 1 aromatic rings. The van der Waals surface area contributed by atoms with Gasteiger partial charge in [-0.05, 0) is 31.0 Å². The number of sulfonamides is 1. The Morgan fingerprint density at radius 3 is 2.94 bits per heavy atom. The van der Waals surface area contributed by atoms with E-state index in [1.54, 1.807) is 6.07 Å². The van der Waals surface area contributed by atoms with Crippen LogP contribution in [-0.4, -0.2) is 27.4 Å². The molecule has 1 fully saturated rings. The van der Waals surface area contributed by atoms with Crippen molar-refractivity contribution in [2.45, 2.75) is 13.3 Å². The van der Waals surface area contributed by atoms with E-state index in [-0.39, 0.29) is 11.7 Å². The number of aryl methyl sites for hydroxylation is 1. The van der Waals surface area contributed by atoms with Crippen molar-refractivity contribution in [1.29, 1.82) is 0 Å². The summed E-state index contributed by atoms with van der Waals surface area (Å²) >= 11 is 0. The maximum atomic E-state index is 11.9. The number of rotatable bonds is 4. The van der Waals surface area contributed by atoms with Crippen LogP contribution in [0.1, 0.15) is 12.0 Å². The van der Waals surface area contributed by atoms with Gasteiger partial charge >= 0.3 is 0 Å². The molecule has 0 aromatic heterocycles. The highest BCUT2D eigenvalue weighted by Gasteiger charge is 2.23. The van der Waals surface area contributed by atoms with E-state index in [1.807, 2.05) is 25.1 Å². The van der Waals surface area contributed by atoms with Crippen LogP contribution in [0.15, 0.2) is 24.3 Å². The molecule has 4 nitrogen and oxygen atoms in total. The van der Waals surface area contributed by atoms with Gasteiger partial charge < -0.3 is 4.74 Å². The zero-order valence-electron chi connectivity index (χ0n) is 9.85. The van der Waals surface area contributed by atoms with Crippen LogP contribution < -0.4 is 4.72 Å². The van der Waals surface area contributed by atoms with Crippen LogP contribution in [0.2, 0.25) is 0 Å². The van der Waals surface area contributed by atoms with E-state index in [1.165, 1.54) is 0 Å². The van der Waals surface area contributed by atoms with E-state index < -0.39 is 10.0 Å². The summed E-state index contributed by atoms with van der Waals surface area (Å²) in [6.45, 7) is 3.15. The fourth-order valence-electron chi connectivity index (χ4n) is 1.95. The standard InChI is InChI=1S/C12H17NO3S/c1-10-3-2-4-12(7-10)13-17(14,15)9-11-5-6-16-8-11/h2-4,7,11,13H,5-6,8-9H2,1H3. The Balaban J connectivity index is 2.01. The van der Waals surface area contributed by atoms with E-state index in [9.17, 15) is 8.42 Å². The van der Waals surface area contributed by atoms with Crippen LogP contribution >= 0.6 is 0 Å². The van der Waals surface area contributed by atoms with Gasteiger partial charge in [-0.2, -0.15) is 0 Å². The lowest BCUT2D eigenvalue weighted by atomic mass is 10.2. The summed E-state index contributed by atoms with van der Waals surface area (Å²) in [5.74, 6) is 0.262. The monoisotopic (exact) mass is 255 g/mol. The molecule has 0 aliphatic carbocycles. The van der Waals surface area contributed by atoms with Crippen molar-refractivity contribution >= 4 is 15.7 Å². The van der Waals surface area contributed by atoms with Gasteiger partial charge in [-0.15, -0.1) is 0 Å². The first-order chi connectivity index (χ1) is 8.05. The molecule has 94 valence electrons. The predicted molar refractivity (Wildman–Crippen MR) is 67.5 cm³/mol. The van der Waals surface area contributed by atoms with Crippen molar-refractivity contribution < 1.29 is 13.2 Å². The molecule has 1 heterocycles. The molecular weight excluding hydrogens is 238 g/mol. The number of ether oxygens (including phenoxy) is 1. The van der Waals surface area contributed by atoms with Crippen molar-refractivity contribution in [3.8, 4) is 0 Å². The molecule has 1 atom stereocenters. The molecule has 17 heavy (non-hydrogen) atoms. The Bertz CT molecular complexity index is 478. The van der Waals surface area contributed by atoms with E-state index in [2.05, 4.69) is 4.72 Å². The van der Waals surface area contributed by atoms with Crippen LogP contribution in [0.25, 0.3) is 0 Å². The number of nitrogens with one attached hydrogen (secondary N) is 1. The summed E-state index contributed by atoms with van der Waals surface area (Å²) in [6.07, 6.45) is 0.828. The Hall–Kier alpha value is -1.07. The quantitative estimate of drug-likeness (QED) is 0.892. The van der Waals surface area contributed by atoms with Crippen molar-refractivity contribution in [2.24, 2.45) is 5.92 Å². The summed E-state index contributed by atoms with van der Waals surface area (Å²) in [5.41, 5.74) is 1.67. The largest absolute Gasteiger partial charge is 0.381 e. The van der Waals surface area contributed by atoms with Crippen molar-refractivity contribution in [1.82, 2.24) is 0 Å². The second kappa shape index (κ2) is 5.06. The van der Waals surface area contributed by atoms with Crippen molar-refractivity contribution in [2.75, 3.05) is 23.7 Å². The smallest absolute Gasteiger partial charge is 0.233 e. The summed E-state index contributed by atoms with van der Waals surface area (Å²) in [4.78, 5) is 0. The molecule has 0 amide bonds. The average molecular weight is 255 g/mol. The maximum Gasteiger partial charge on any atom is 0.233 e. The van der Waals surface area contributed by atoms with E-state index in [4.69, 9.17) is 4.74 Å². The highest BCUT2D eigenvalue weighted by atomic mass is 32.2. The number of anilines is 1. The Morgan fingerprint density at radius 1 is 1.47 bits per heavy atom. The normalized spacial score (nSPS) is 20.4. The third-order valence-corrected chi connectivity index (χ3v) is 4.23. The van der Waals surface area contributed by atoms with Crippen molar-refractivity contribution in [3.05, 3.63) is 29.8 Å². The first-order valence-electron chi connectivity index (χ1n) is 5.70. The molecule has 1 aliphatic rings. The molecule has 1 aromatic carbocycles. The lowest BCUT2D eigenvalue weighted by molar-refractivity contribution is 0.188. The molecule has 1 N–H and O–H groups in total. The molecular formula is C12H17NO3S. The molecule has 0 spiro atoms. The number of benzene rings is 1. The SMILES string of the molecule is Cc1cccc(NS(=O)(=O)CC2CCOC2)c1. The Labute approximate surface area is 102 Å². The van der Waals surface area contributed by atoms with Gasteiger partial charge in [-0.3, -0.25) is 4.72 Å². The molecule has 0 radical (unpaired) electrons. The van der Waals surface area contributed by atoms with Gasteiger partial charge in [0.15, 0.2) is 0 Å². The van der Waals surface area contributed by atoms with Crippen molar-refractivity contribution in [3.63, 3.8) is 0 Å². The van der Waals surface area contributed by atoms with E-state index in [0.717, 1.165) is 12.0 Å². The maximum absolute atomic E-state index is 11.9. The van der Waals surface area contributed by atoms with Crippen LogP contribution in [-0.2, 0) is 14.8 Å². The van der Waals surface area contributed by atoms with Crippen LogP contribution in [0, 0.1) is 12.8 Å². The molecule has 0 saturated carbocycles. The van der Waals surface area contributed by atoms with Gasteiger partial charge in [0.2, 0.25) is 10.0 Å². The fourth-order valence-corrected chi connectivity index (χ4v) is 3.41. The van der Waals surface area contributed by atoms with Gasteiger partial charge in [-0.1, -0.05) is 12.1 Å². The molecule has 1 aliphatic heterocycles. The third-order valence-electron chi connectivity index (χ3n) is 2.77. The van der Waals surface area contributed by atoms with Gasteiger partial charge in [-0.25, -0.2) is 8.42 Å². The Morgan fingerprint density at radius 2 is 2.29 bits per heavy atom. The highest BCUT2D eigenvalue weighted by molar-refractivity contribution is 7.92. The predicted octanol–water partition coefficient (Wildman–Crippen LogP) is 1.77. The van der Waals surface area contributed by atoms with Crippen LogP contribution in [0.3, 0.4) is 0 Å². The molecule has 0 bridgehead atoms. The van der Waals surface area contributed by atoms with Gasteiger partial charge in [0.1, 0.15) is 0 Å². The van der Waals surface area contributed by atoms with Crippen LogP contribution in [0.5, 0.6) is 0 Å². The van der Waals surface area contributed by atoms with Gasteiger partial charge in [0.05, 0.1) is 12.4 Å². The fraction of sp³-hybridized carbons (Fsp3) is 0.500. The van der Waals surface area contributed by atoms with Gasteiger partial charge in [0, 0.05) is 18.2 Å². The van der Waals surface area contributed by atoms with Gasteiger partial charge in [0.25, 0.3) is 0 Å². The lowest BCUT2D eigenvalue weighted by Crippen LogP contribution is -2.22. The Kier molecular flexibility index (Phi) is 3.69. The molecule has 1 saturated heterocycles. The lowest BCUT2D eigenvalue weighted by Gasteiger charge is -2.11. The van der Waals surface area contributed by atoms with Crippen LogP contribution in [0.4, 0.5) is 5.69 Å². The summed E-state index contributed by atoms with van der Waals surface area (Å²) in [6, 6.07) is 7.35. The number of hydrogen-bond donors (Lipinski definition) is 1. The minimum absolute atomic E-state index is 0.123. The van der Waals surface area contributed by atoms with E-state index >= 15 is 0 Å². The third kappa shape index (κ3) is 3.71. The minimum atomic E-state index is -3.26. The zero-order chi connectivity index (χ0) is 12.3. The molecule has 1 unspecified atom stereocenters. The first-order valence-corrected chi connectivity index (χ1v) is 7.35. The topological polar surface area (TPSA) is 55.4 Å². The van der Waals surface area contributed by atoms with E-state index in [0.29, 0.717) is 18.9 Å². The zero-order valence-corrected chi connectivity index (χ0v) is 10.7. The summed E-state index contributed by atoms with van der Waals surface area (Å²) < 4.78 is 31.6. The summed E-state index contributed by atoms with van der Waals surface area (Å²) in [5, 5.41) is 0. The molecule has 5 heteroatoms. The first kappa shape index (κ1) is 12.4. The minimum Gasteiger partial charge on any atom is -0.381 e. The highest BCUT2D eigenvalue weighted by Crippen LogP contribution is 2.17.